The monoisotopic (exact) mass is 338 g/mol. The fourth-order valence-corrected chi connectivity index (χ4v) is 2.52. The molecular formula is C21H26N2O2. The summed E-state index contributed by atoms with van der Waals surface area (Å²) in [5.74, 6) is -0.286. The summed E-state index contributed by atoms with van der Waals surface area (Å²) in [5, 5.41) is 5.59. The molecule has 0 heterocycles. The molecule has 2 aromatic rings. The Labute approximate surface area is 149 Å². The van der Waals surface area contributed by atoms with Crippen LogP contribution in [0.15, 0.2) is 54.6 Å². The van der Waals surface area contributed by atoms with Crippen LogP contribution in [0.2, 0.25) is 0 Å². The maximum Gasteiger partial charge on any atom is 0.242 e. The van der Waals surface area contributed by atoms with E-state index in [0.717, 1.165) is 17.5 Å². The zero-order valence-corrected chi connectivity index (χ0v) is 14.9. The second kappa shape index (κ2) is 9.62. The molecule has 2 aromatic carbocycles. The van der Waals surface area contributed by atoms with Crippen molar-refractivity contribution in [2.24, 2.45) is 0 Å². The van der Waals surface area contributed by atoms with Crippen LogP contribution in [-0.2, 0) is 29.0 Å². The van der Waals surface area contributed by atoms with E-state index in [9.17, 15) is 9.59 Å². The fraction of sp³-hybridized carbons (Fsp3) is 0.333. The molecule has 132 valence electrons. The lowest BCUT2D eigenvalue weighted by atomic mass is 10.1. The third kappa shape index (κ3) is 6.42. The zero-order chi connectivity index (χ0) is 18.1. The van der Waals surface area contributed by atoms with E-state index in [1.807, 2.05) is 30.3 Å². The van der Waals surface area contributed by atoms with Gasteiger partial charge in [0.1, 0.15) is 6.04 Å². The molecule has 2 N–H and O–H groups in total. The Balaban J connectivity index is 1.72. The summed E-state index contributed by atoms with van der Waals surface area (Å²) in [6.45, 7) is 4.28. The highest BCUT2D eigenvalue weighted by atomic mass is 16.2. The highest BCUT2D eigenvalue weighted by Gasteiger charge is 2.15. The molecular weight excluding hydrogens is 312 g/mol. The molecule has 1 atom stereocenters. The molecule has 2 rings (SSSR count). The first kappa shape index (κ1) is 18.7. The Kier molecular flexibility index (Phi) is 7.20. The topological polar surface area (TPSA) is 58.2 Å². The largest absolute Gasteiger partial charge is 0.350 e. The molecule has 2 amide bonds. The number of hydrogen-bond donors (Lipinski definition) is 2. The minimum atomic E-state index is -0.543. The predicted octanol–water partition coefficient (Wildman–Crippen LogP) is 3.00. The molecule has 0 saturated carbocycles. The molecule has 0 aliphatic heterocycles. The first-order valence-corrected chi connectivity index (χ1v) is 8.77. The average Bonchev–Trinajstić information content (AvgIpc) is 2.65. The number of aryl methyl sites for hydroxylation is 2. The molecule has 0 bridgehead atoms. The van der Waals surface area contributed by atoms with Gasteiger partial charge in [0.05, 0.1) is 0 Å². The molecule has 0 radical (unpaired) electrons. The highest BCUT2D eigenvalue weighted by Crippen LogP contribution is 2.07. The van der Waals surface area contributed by atoms with E-state index in [1.165, 1.54) is 5.56 Å². The second-order valence-corrected chi connectivity index (χ2v) is 6.16. The molecule has 25 heavy (non-hydrogen) atoms. The third-order valence-electron chi connectivity index (χ3n) is 4.15. The van der Waals surface area contributed by atoms with Gasteiger partial charge in [-0.3, -0.25) is 9.59 Å². The lowest BCUT2D eigenvalue weighted by Crippen LogP contribution is -2.44. The van der Waals surface area contributed by atoms with Crippen molar-refractivity contribution in [3.8, 4) is 0 Å². The SMILES string of the molecule is CCc1ccc(CCC(=O)N[C@H](C)C(=O)NCc2ccccc2)cc1. The maximum atomic E-state index is 12.1. The predicted molar refractivity (Wildman–Crippen MR) is 100 cm³/mol. The van der Waals surface area contributed by atoms with E-state index in [-0.39, 0.29) is 11.8 Å². The van der Waals surface area contributed by atoms with Gasteiger partial charge in [-0.1, -0.05) is 61.5 Å². The summed E-state index contributed by atoms with van der Waals surface area (Å²) in [4.78, 5) is 24.1. The van der Waals surface area contributed by atoms with Gasteiger partial charge in [-0.05, 0) is 36.5 Å². The molecule has 4 heteroatoms. The van der Waals surface area contributed by atoms with Gasteiger partial charge in [0.25, 0.3) is 0 Å². The molecule has 0 aromatic heterocycles. The lowest BCUT2D eigenvalue weighted by molar-refractivity contribution is -0.128. The van der Waals surface area contributed by atoms with Gasteiger partial charge in [-0.15, -0.1) is 0 Å². The number of nitrogens with one attached hydrogen (secondary N) is 2. The van der Waals surface area contributed by atoms with Crippen molar-refractivity contribution in [1.29, 1.82) is 0 Å². The van der Waals surface area contributed by atoms with Gasteiger partial charge >= 0.3 is 0 Å². The average molecular weight is 338 g/mol. The van der Waals surface area contributed by atoms with E-state index in [0.29, 0.717) is 19.4 Å². The number of carbonyl (C=O) groups excluding carboxylic acids is 2. The van der Waals surface area contributed by atoms with Crippen molar-refractivity contribution in [2.45, 2.75) is 45.7 Å². The van der Waals surface area contributed by atoms with E-state index < -0.39 is 6.04 Å². The minimum absolute atomic E-state index is 0.109. The van der Waals surface area contributed by atoms with Crippen molar-refractivity contribution in [3.63, 3.8) is 0 Å². The van der Waals surface area contributed by atoms with Crippen molar-refractivity contribution in [2.75, 3.05) is 0 Å². The van der Waals surface area contributed by atoms with Gasteiger partial charge < -0.3 is 10.6 Å². The summed E-state index contributed by atoms with van der Waals surface area (Å²) in [7, 11) is 0. The van der Waals surface area contributed by atoms with Gasteiger partial charge in [0.15, 0.2) is 0 Å². The first-order valence-electron chi connectivity index (χ1n) is 8.77. The summed E-state index contributed by atoms with van der Waals surface area (Å²) >= 11 is 0. The van der Waals surface area contributed by atoms with Crippen LogP contribution in [0.5, 0.6) is 0 Å². The number of benzene rings is 2. The number of hydrogen-bond acceptors (Lipinski definition) is 2. The Morgan fingerprint density at radius 3 is 2.20 bits per heavy atom. The first-order chi connectivity index (χ1) is 12.1. The van der Waals surface area contributed by atoms with Crippen LogP contribution in [0.3, 0.4) is 0 Å². The quantitative estimate of drug-likeness (QED) is 0.777. The molecule has 0 spiro atoms. The molecule has 0 aliphatic rings. The van der Waals surface area contributed by atoms with Crippen LogP contribution >= 0.6 is 0 Å². The molecule has 4 nitrogen and oxygen atoms in total. The molecule has 0 saturated heterocycles. The van der Waals surface area contributed by atoms with Crippen molar-refractivity contribution in [3.05, 3.63) is 71.3 Å². The summed E-state index contributed by atoms with van der Waals surface area (Å²) in [5.41, 5.74) is 3.45. The second-order valence-electron chi connectivity index (χ2n) is 6.16. The van der Waals surface area contributed by atoms with E-state index in [1.54, 1.807) is 6.92 Å². The van der Waals surface area contributed by atoms with Crippen molar-refractivity contribution in [1.82, 2.24) is 10.6 Å². The smallest absolute Gasteiger partial charge is 0.242 e. The highest BCUT2D eigenvalue weighted by molar-refractivity contribution is 5.87. The number of carbonyl (C=O) groups is 2. The van der Waals surface area contributed by atoms with E-state index in [4.69, 9.17) is 0 Å². The van der Waals surface area contributed by atoms with Gasteiger partial charge in [0, 0.05) is 13.0 Å². The minimum Gasteiger partial charge on any atom is -0.350 e. The van der Waals surface area contributed by atoms with Crippen molar-refractivity contribution >= 4 is 11.8 Å². The van der Waals surface area contributed by atoms with Crippen LogP contribution in [-0.4, -0.2) is 17.9 Å². The van der Waals surface area contributed by atoms with Crippen molar-refractivity contribution < 1.29 is 9.59 Å². The normalized spacial score (nSPS) is 11.6. The van der Waals surface area contributed by atoms with Gasteiger partial charge in [0.2, 0.25) is 11.8 Å². The number of amides is 2. The Morgan fingerprint density at radius 1 is 0.920 bits per heavy atom. The summed E-state index contributed by atoms with van der Waals surface area (Å²) in [6, 6.07) is 17.5. The number of rotatable bonds is 8. The van der Waals surface area contributed by atoms with E-state index >= 15 is 0 Å². The Bertz CT molecular complexity index is 681. The van der Waals surface area contributed by atoms with Crippen LogP contribution in [0, 0.1) is 0 Å². The van der Waals surface area contributed by atoms with E-state index in [2.05, 4.69) is 41.8 Å². The molecule has 0 aliphatic carbocycles. The lowest BCUT2D eigenvalue weighted by Gasteiger charge is -2.14. The molecule has 0 unspecified atom stereocenters. The van der Waals surface area contributed by atoms with Crippen LogP contribution in [0.25, 0.3) is 0 Å². The standard InChI is InChI=1S/C21H26N2O2/c1-3-17-9-11-18(12-10-17)13-14-20(24)23-16(2)21(25)22-15-19-7-5-4-6-8-19/h4-12,16H,3,13-15H2,1-2H3,(H,22,25)(H,23,24)/t16-/m1/s1. The summed E-state index contributed by atoms with van der Waals surface area (Å²) in [6.07, 6.45) is 2.06. The summed E-state index contributed by atoms with van der Waals surface area (Å²) < 4.78 is 0. The Morgan fingerprint density at radius 2 is 1.56 bits per heavy atom. The van der Waals surface area contributed by atoms with Crippen LogP contribution in [0.1, 0.15) is 37.0 Å². The van der Waals surface area contributed by atoms with Crippen LogP contribution in [0.4, 0.5) is 0 Å². The third-order valence-corrected chi connectivity index (χ3v) is 4.15. The zero-order valence-electron chi connectivity index (χ0n) is 14.9. The Hall–Kier alpha value is -2.62. The fourth-order valence-electron chi connectivity index (χ4n) is 2.52. The molecule has 0 fully saturated rings. The van der Waals surface area contributed by atoms with Crippen LogP contribution < -0.4 is 10.6 Å². The van der Waals surface area contributed by atoms with Gasteiger partial charge in [-0.2, -0.15) is 0 Å². The maximum absolute atomic E-state index is 12.1. The van der Waals surface area contributed by atoms with Gasteiger partial charge in [-0.25, -0.2) is 0 Å².